The number of unbranched alkanes of at least 4 members (excludes halogenated alkanes) is 1. The Balaban J connectivity index is 3.03. The number of rotatable bonds is 13. The first kappa shape index (κ1) is 17.8. The zero-order valence-corrected chi connectivity index (χ0v) is 12.3. The summed E-state index contributed by atoms with van der Waals surface area (Å²) in [5, 5.41) is 0. The number of nitrogens with two attached hydrogens (primary N) is 1. The Kier molecular flexibility index (Phi) is 13.2. The molecule has 0 aliphatic heterocycles. The van der Waals surface area contributed by atoms with Crippen LogP contribution >= 0.6 is 0 Å². The molecule has 0 saturated carbocycles. The van der Waals surface area contributed by atoms with Crippen molar-refractivity contribution in [2.45, 2.75) is 46.1 Å². The second-order valence-corrected chi connectivity index (χ2v) is 4.89. The zero-order chi connectivity index (χ0) is 13.6. The molecular weight excluding hydrogens is 230 g/mol. The van der Waals surface area contributed by atoms with Crippen LogP contribution in [0.4, 0.5) is 0 Å². The van der Waals surface area contributed by atoms with Crippen molar-refractivity contribution in [3.05, 3.63) is 0 Å². The number of hydrogen-bond acceptors (Lipinski definition) is 4. The summed E-state index contributed by atoms with van der Waals surface area (Å²) in [6.45, 7) is 10.6. The molecule has 1 atom stereocenters. The fourth-order valence-electron chi connectivity index (χ4n) is 1.34. The van der Waals surface area contributed by atoms with E-state index in [1.54, 1.807) is 0 Å². The Morgan fingerprint density at radius 1 is 0.833 bits per heavy atom. The van der Waals surface area contributed by atoms with Gasteiger partial charge >= 0.3 is 0 Å². The first-order valence-corrected chi connectivity index (χ1v) is 7.17. The van der Waals surface area contributed by atoms with Gasteiger partial charge in [-0.2, -0.15) is 0 Å². The van der Waals surface area contributed by atoms with Gasteiger partial charge in [-0.25, -0.2) is 0 Å². The van der Waals surface area contributed by atoms with Gasteiger partial charge in [-0.05, 0) is 18.8 Å². The van der Waals surface area contributed by atoms with Crippen molar-refractivity contribution in [3.8, 4) is 0 Å². The van der Waals surface area contributed by atoms with Crippen LogP contribution in [0.2, 0.25) is 0 Å². The molecule has 0 rings (SSSR count). The third-order valence-electron chi connectivity index (χ3n) is 2.84. The van der Waals surface area contributed by atoms with E-state index in [4.69, 9.17) is 19.9 Å². The Labute approximate surface area is 112 Å². The van der Waals surface area contributed by atoms with Crippen LogP contribution in [0, 0.1) is 5.92 Å². The summed E-state index contributed by atoms with van der Waals surface area (Å²) < 4.78 is 16.2. The van der Waals surface area contributed by atoms with E-state index in [1.165, 1.54) is 6.42 Å². The van der Waals surface area contributed by atoms with E-state index < -0.39 is 0 Å². The van der Waals surface area contributed by atoms with Crippen LogP contribution in [0.3, 0.4) is 0 Å². The maximum atomic E-state index is 5.91. The molecule has 2 N–H and O–H groups in total. The first-order chi connectivity index (χ1) is 8.68. The highest BCUT2D eigenvalue weighted by atomic mass is 16.5. The molecule has 4 nitrogen and oxygen atoms in total. The minimum atomic E-state index is 0.234. The molecule has 0 aliphatic rings. The minimum absolute atomic E-state index is 0.234. The molecular formula is C14H31NO3. The lowest BCUT2D eigenvalue weighted by Crippen LogP contribution is -2.28. The van der Waals surface area contributed by atoms with Gasteiger partial charge < -0.3 is 19.9 Å². The van der Waals surface area contributed by atoms with E-state index in [-0.39, 0.29) is 6.04 Å². The Bertz CT molecular complexity index is 165. The van der Waals surface area contributed by atoms with Crippen LogP contribution in [-0.4, -0.2) is 45.7 Å². The normalized spacial score (nSPS) is 13.2. The van der Waals surface area contributed by atoms with Crippen LogP contribution in [-0.2, 0) is 14.2 Å². The van der Waals surface area contributed by atoms with Crippen LogP contribution in [0.5, 0.6) is 0 Å². The molecule has 0 aromatic carbocycles. The fourth-order valence-corrected chi connectivity index (χ4v) is 1.34. The summed E-state index contributed by atoms with van der Waals surface area (Å²) in [4.78, 5) is 0. The average Bonchev–Trinajstić information content (AvgIpc) is 2.35. The van der Waals surface area contributed by atoms with Crippen molar-refractivity contribution in [3.63, 3.8) is 0 Å². The minimum Gasteiger partial charge on any atom is -0.379 e. The van der Waals surface area contributed by atoms with Crippen molar-refractivity contribution in [2.24, 2.45) is 11.7 Å². The molecule has 0 amide bonds. The van der Waals surface area contributed by atoms with Crippen molar-refractivity contribution >= 4 is 0 Å². The van der Waals surface area contributed by atoms with E-state index in [0.717, 1.165) is 26.1 Å². The van der Waals surface area contributed by atoms with Gasteiger partial charge in [-0.1, -0.05) is 27.2 Å². The van der Waals surface area contributed by atoms with Crippen LogP contribution in [0.15, 0.2) is 0 Å². The van der Waals surface area contributed by atoms with Crippen molar-refractivity contribution in [1.29, 1.82) is 0 Å². The molecule has 0 aromatic rings. The third kappa shape index (κ3) is 12.3. The van der Waals surface area contributed by atoms with Gasteiger partial charge in [-0.15, -0.1) is 0 Å². The lowest BCUT2D eigenvalue weighted by Gasteiger charge is -2.15. The monoisotopic (exact) mass is 261 g/mol. The second kappa shape index (κ2) is 13.3. The van der Waals surface area contributed by atoms with Crippen LogP contribution in [0.25, 0.3) is 0 Å². The summed E-state index contributed by atoms with van der Waals surface area (Å²) in [6.07, 6.45) is 3.21. The molecule has 0 aromatic heterocycles. The van der Waals surface area contributed by atoms with E-state index in [9.17, 15) is 0 Å². The smallest absolute Gasteiger partial charge is 0.0701 e. The largest absolute Gasteiger partial charge is 0.379 e. The number of hydrogen-bond donors (Lipinski definition) is 1. The summed E-state index contributed by atoms with van der Waals surface area (Å²) in [7, 11) is 0. The number of ether oxygens (including phenoxy) is 3. The fraction of sp³-hybridized carbons (Fsp3) is 1.00. The van der Waals surface area contributed by atoms with E-state index in [0.29, 0.717) is 32.3 Å². The molecule has 0 saturated heterocycles. The van der Waals surface area contributed by atoms with Gasteiger partial charge in [0.2, 0.25) is 0 Å². The molecule has 0 aliphatic carbocycles. The lowest BCUT2D eigenvalue weighted by atomic mass is 10.0. The molecule has 1 unspecified atom stereocenters. The second-order valence-electron chi connectivity index (χ2n) is 4.89. The predicted molar refractivity (Wildman–Crippen MR) is 74.8 cm³/mol. The molecule has 0 spiro atoms. The molecule has 0 heterocycles. The van der Waals surface area contributed by atoms with Gasteiger partial charge in [0, 0.05) is 19.3 Å². The topological polar surface area (TPSA) is 53.7 Å². The summed E-state index contributed by atoms with van der Waals surface area (Å²) in [5.41, 5.74) is 5.91. The van der Waals surface area contributed by atoms with Gasteiger partial charge in [0.25, 0.3) is 0 Å². The zero-order valence-electron chi connectivity index (χ0n) is 12.3. The maximum absolute atomic E-state index is 5.91. The molecule has 0 fully saturated rings. The molecule has 110 valence electrons. The average molecular weight is 261 g/mol. The maximum Gasteiger partial charge on any atom is 0.0701 e. The lowest BCUT2D eigenvalue weighted by molar-refractivity contribution is 0.0125. The molecule has 0 bridgehead atoms. The molecule has 4 heteroatoms. The summed E-state index contributed by atoms with van der Waals surface area (Å²) in [5.74, 6) is 0.519. The third-order valence-corrected chi connectivity index (χ3v) is 2.84. The van der Waals surface area contributed by atoms with Gasteiger partial charge in [-0.3, -0.25) is 0 Å². The summed E-state index contributed by atoms with van der Waals surface area (Å²) >= 11 is 0. The van der Waals surface area contributed by atoms with E-state index >= 15 is 0 Å². The summed E-state index contributed by atoms with van der Waals surface area (Å²) in [6, 6.07) is 0.234. The molecule has 18 heavy (non-hydrogen) atoms. The SMILES string of the molecule is CCCCOCCOCCOCCC(N)C(C)C. The first-order valence-electron chi connectivity index (χ1n) is 7.17. The van der Waals surface area contributed by atoms with Crippen molar-refractivity contribution in [1.82, 2.24) is 0 Å². The van der Waals surface area contributed by atoms with Crippen molar-refractivity contribution in [2.75, 3.05) is 39.6 Å². The standard InChI is InChI=1S/C14H31NO3/c1-4-5-7-16-9-11-18-12-10-17-8-6-14(15)13(2)3/h13-14H,4-12,15H2,1-3H3. The van der Waals surface area contributed by atoms with Crippen LogP contribution < -0.4 is 5.73 Å². The Morgan fingerprint density at radius 2 is 1.33 bits per heavy atom. The Hall–Kier alpha value is -0.160. The van der Waals surface area contributed by atoms with Gasteiger partial charge in [0.05, 0.1) is 26.4 Å². The van der Waals surface area contributed by atoms with E-state index in [2.05, 4.69) is 20.8 Å². The van der Waals surface area contributed by atoms with Crippen LogP contribution in [0.1, 0.15) is 40.0 Å². The van der Waals surface area contributed by atoms with Gasteiger partial charge in [0.1, 0.15) is 0 Å². The molecule has 0 radical (unpaired) electrons. The predicted octanol–water partition coefficient (Wildman–Crippen LogP) is 2.21. The highest BCUT2D eigenvalue weighted by Crippen LogP contribution is 2.02. The quantitative estimate of drug-likeness (QED) is 0.516. The van der Waals surface area contributed by atoms with Crippen molar-refractivity contribution < 1.29 is 14.2 Å². The van der Waals surface area contributed by atoms with Gasteiger partial charge in [0.15, 0.2) is 0 Å². The Morgan fingerprint density at radius 3 is 1.83 bits per heavy atom. The highest BCUT2D eigenvalue weighted by Gasteiger charge is 2.06. The highest BCUT2D eigenvalue weighted by molar-refractivity contribution is 4.64. The van der Waals surface area contributed by atoms with E-state index in [1.807, 2.05) is 0 Å².